The summed E-state index contributed by atoms with van der Waals surface area (Å²) >= 11 is 3.55. The van der Waals surface area contributed by atoms with Crippen molar-refractivity contribution in [3.63, 3.8) is 0 Å². The molecular formula is C25H33BrN4O3S. The molecule has 184 valence electrons. The second-order valence-electron chi connectivity index (χ2n) is 9.15. The highest BCUT2D eigenvalue weighted by atomic mass is 79.9. The number of benzene rings is 2. The van der Waals surface area contributed by atoms with Crippen LogP contribution in [0.1, 0.15) is 12.0 Å². The monoisotopic (exact) mass is 548 g/mol. The van der Waals surface area contributed by atoms with Gasteiger partial charge in [-0.15, -0.1) is 0 Å². The minimum Gasteiger partial charge on any atom is -0.495 e. The van der Waals surface area contributed by atoms with Crippen LogP contribution in [0.2, 0.25) is 0 Å². The first-order chi connectivity index (χ1) is 16.2. The van der Waals surface area contributed by atoms with E-state index in [2.05, 4.69) is 37.7 Å². The number of hydrogen-bond acceptors (Lipinski definition) is 6. The van der Waals surface area contributed by atoms with Crippen LogP contribution in [0.4, 0.5) is 5.69 Å². The van der Waals surface area contributed by atoms with Crippen molar-refractivity contribution in [2.45, 2.75) is 17.7 Å². The van der Waals surface area contributed by atoms with Crippen molar-refractivity contribution >= 4 is 42.5 Å². The molecule has 1 aromatic heterocycles. The fourth-order valence-corrected chi connectivity index (χ4v) is 6.23. The lowest BCUT2D eigenvalue weighted by molar-refractivity contribution is 0.311. The number of anilines is 1. The number of ether oxygens (including phenoxy) is 1. The van der Waals surface area contributed by atoms with Crippen LogP contribution in [0.5, 0.6) is 5.75 Å². The lowest BCUT2D eigenvalue weighted by Gasteiger charge is -2.34. The summed E-state index contributed by atoms with van der Waals surface area (Å²) < 4.78 is 35.7. The Balaban J connectivity index is 1.76. The average Bonchev–Trinajstić information content (AvgIpc) is 3.17. The molecule has 0 radical (unpaired) electrons. The maximum Gasteiger partial charge on any atom is 0.268 e. The van der Waals surface area contributed by atoms with Crippen LogP contribution in [-0.4, -0.2) is 83.2 Å². The number of hydrogen-bond donors (Lipinski definition) is 0. The third kappa shape index (κ3) is 5.12. The van der Waals surface area contributed by atoms with E-state index in [4.69, 9.17) is 4.74 Å². The molecule has 2 heterocycles. The zero-order valence-corrected chi connectivity index (χ0v) is 22.7. The number of rotatable bonds is 8. The van der Waals surface area contributed by atoms with Crippen molar-refractivity contribution in [3.05, 3.63) is 52.6 Å². The Bertz CT molecular complexity index is 1260. The van der Waals surface area contributed by atoms with Crippen molar-refractivity contribution < 1.29 is 13.2 Å². The maximum atomic E-state index is 13.9. The van der Waals surface area contributed by atoms with Gasteiger partial charge in [0.05, 0.1) is 23.2 Å². The van der Waals surface area contributed by atoms with E-state index in [1.165, 1.54) is 3.97 Å². The number of aryl methyl sites for hydroxylation is 1. The molecule has 0 unspecified atom stereocenters. The summed E-state index contributed by atoms with van der Waals surface area (Å²) in [5.74, 6) is 0.689. The number of halogens is 1. The highest BCUT2D eigenvalue weighted by molar-refractivity contribution is 9.10. The Kier molecular flexibility index (Phi) is 7.57. The Morgan fingerprint density at radius 2 is 1.79 bits per heavy atom. The number of likely N-dealkylation sites (N-methyl/N-ethyl adjacent to an activating group) is 1. The van der Waals surface area contributed by atoms with Crippen LogP contribution >= 0.6 is 15.9 Å². The predicted octanol–water partition coefficient (Wildman–Crippen LogP) is 3.90. The standard InChI is InChI=1S/C25H33BrN4O3S/c1-27(2)11-5-6-19-18-30(23-9-7-20(26)16-22(19)23)34(31,32)21-8-10-25(33-4)24(17-21)29-14-12-28(3)13-15-29/h7-10,16-18H,5-6,11-15H2,1-4H3. The number of methoxy groups -OCH3 is 1. The largest absolute Gasteiger partial charge is 0.495 e. The molecule has 3 aromatic rings. The Morgan fingerprint density at radius 1 is 1.06 bits per heavy atom. The third-order valence-electron chi connectivity index (χ3n) is 6.42. The van der Waals surface area contributed by atoms with Crippen molar-refractivity contribution in [2.75, 3.05) is 65.9 Å². The van der Waals surface area contributed by atoms with Gasteiger partial charge in [-0.25, -0.2) is 12.4 Å². The molecule has 0 N–H and O–H groups in total. The Labute approximate surface area is 211 Å². The smallest absolute Gasteiger partial charge is 0.268 e. The molecule has 0 amide bonds. The van der Waals surface area contributed by atoms with Gasteiger partial charge >= 0.3 is 0 Å². The van der Waals surface area contributed by atoms with Gasteiger partial charge in [-0.05, 0) is 82.5 Å². The summed E-state index contributed by atoms with van der Waals surface area (Å²) in [4.78, 5) is 6.88. The third-order valence-corrected chi connectivity index (χ3v) is 8.58. The summed E-state index contributed by atoms with van der Waals surface area (Å²) in [7, 11) is 4.02. The van der Waals surface area contributed by atoms with Crippen molar-refractivity contribution in [1.82, 2.24) is 13.8 Å². The van der Waals surface area contributed by atoms with Crippen LogP contribution in [0.3, 0.4) is 0 Å². The van der Waals surface area contributed by atoms with Crippen LogP contribution in [0, 0.1) is 0 Å². The fraction of sp³-hybridized carbons (Fsp3) is 0.440. The summed E-state index contributed by atoms with van der Waals surface area (Å²) in [6.45, 7) is 4.45. The topological polar surface area (TPSA) is 58.0 Å². The van der Waals surface area contributed by atoms with Crippen LogP contribution in [0.25, 0.3) is 10.9 Å². The van der Waals surface area contributed by atoms with E-state index in [-0.39, 0.29) is 4.90 Å². The maximum absolute atomic E-state index is 13.9. The molecule has 1 aliphatic rings. The summed E-state index contributed by atoms with van der Waals surface area (Å²) in [6, 6.07) is 10.9. The van der Waals surface area contributed by atoms with E-state index < -0.39 is 10.0 Å². The first kappa shape index (κ1) is 25.0. The van der Waals surface area contributed by atoms with Gasteiger partial charge in [-0.3, -0.25) is 0 Å². The minimum atomic E-state index is -3.80. The molecule has 1 fully saturated rings. The number of aromatic nitrogens is 1. The molecule has 1 aliphatic heterocycles. The first-order valence-corrected chi connectivity index (χ1v) is 13.8. The van der Waals surface area contributed by atoms with Crippen molar-refractivity contribution in [2.24, 2.45) is 0 Å². The lowest BCUT2D eigenvalue weighted by Crippen LogP contribution is -2.44. The molecule has 0 spiro atoms. The van der Waals surface area contributed by atoms with E-state index in [9.17, 15) is 8.42 Å². The van der Waals surface area contributed by atoms with E-state index >= 15 is 0 Å². The summed E-state index contributed by atoms with van der Waals surface area (Å²) in [5, 5.41) is 0.963. The van der Waals surface area contributed by atoms with E-state index in [0.717, 1.165) is 66.7 Å². The van der Waals surface area contributed by atoms with Crippen molar-refractivity contribution in [3.8, 4) is 5.75 Å². The molecule has 0 saturated carbocycles. The van der Waals surface area contributed by atoms with Crippen molar-refractivity contribution in [1.29, 1.82) is 0 Å². The van der Waals surface area contributed by atoms with Gasteiger partial charge in [0.15, 0.2) is 0 Å². The Morgan fingerprint density at radius 3 is 2.47 bits per heavy atom. The van der Waals surface area contributed by atoms with Crippen LogP contribution in [0.15, 0.2) is 52.0 Å². The number of nitrogens with zero attached hydrogens (tertiary/aromatic N) is 4. The zero-order valence-electron chi connectivity index (χ0n) is 20.3. The highest BCUT2D eigenvalue weighted by Crippen LogP contribution is 2.34. The molecule has 1 saturated heterocycles. The quantitative estimate of drug-likeness (QED) is 0.425. The van der Waals surface area contributed by atoms with E-state index in [1.807, 2.05) is 32.3 Å². The van der Waals surface area contributed by atoms with E-state index in [0.29, 0.717) is 11.3 Å². The fourth-order valence-electron chi connectivity index (χ4n) is 4.46. The van der Waals surface area contributed by atoms with Gasteiger partial charge in [0.2, 0.25) is 0 Å². The molecule has 7 nitrogen and oxygen atoms in total. The molecule has 9 heteroatoms. The molecule has 0 bridgehead atoms. The summed E-state index contributed by atoms with van der Waals surface area (Å²) in [6.07, 6.45) is 3.55. The van der Waals surface area contributed by atoms with Gasteiger partial charge in [-0.1, -0.05) is 15.9 Å². The van der Waals surface area contributed by atoms with E-state index in [1.54, 1.807) is 31.5 Å². The average molecular weight is 550 g/mol. The number of fused-ring (bicyclic) bond motifs is 1. The Hall–Kier alpha value is -2.07. The van der Waals surface area contributed by atoms with Gasteiger partial charge in [0.1, 0.15) is 5.75 Å². The molecular weight excluding hydrogens is 516 g/mol. The van der Waals surface area contributed by atoms with Crippen LogP contribution in [-0.2, 0) is 16.4 Å². The molecule has 4 rings (SSSR count). The SMILES string of the molecule is COc1ccc(S(=O)(=O)n2cc(CCCN(C)C)c3cc(Br)ccc32)cc1N1CCN(C)CC1. The second-order valence-corrected chi connectivity index (χ2v) is 11.9. The predicted molar refractivity (Wildman–Crippen MR) is 142 cm³/mol. The normalized spacial score (nSPS) is 15.4. The lowest BCUT2D eigenvalue weighted by atomic mass is 10.1. The molecule has 2 aromatic carbocycles. The van der Waals surface area contributed by atoms with Gasteiger partial charge in [0, 0.05) is 42.2 Å². The molecule has 0 atom stereocenters. The number of piperazine rings is 1. The summed E-state index contributed by atoms with van der Waals surface area (Å²) in [5.41, 5.74) is 2.55. The first-order valence-electron chi connectivity index (χ1n) is 11.5. The van der Waals surface area contributed by atoms with Gasteiger partial charge < -0.3 is 19.4 Å². The second kappa shape index (κ2) is 10.3. The zero-order chi connectivity index (χ0) is 24.5. The van der Waals surface area contributed by atoms with Crippen LogP contribution < -0.4 is 9.64 Å². The van der Waals surface area contributed by atoms with Gasteiger partial charge in [0.25, 0.3) is 10.0 Å². The molecule has 34 heavy (non-hydrogen) atoms. The highest BCUT2D eigenvalue weighted by Gasteiger charge is 2.25. The minimum absolute atomic E-state index is 0.266. The molecule has 0 aliphatic carbocycles. The van der Waals surface area contributed by atoms with Gasteiger partial charge in [-0.2, -0.15) is 0 Å².